The molecule has 0 saturated carbocycles. The highest BCUT2D eigenvalue weighted by Crippen LogP contribution is 2.44. The molecule has 0 amide bonds. The average Bonchev–Trinajstić information content (AvgIpc) is 3.62. The molecule has 7 rings (SSSR count). The summed E-state index contributed by atoms with van der Waals surface area (Å²) >= 11 is 1.19. The zero-order valence-corrected chi connectivity index (χ0v) is 24.2. The van der Waals surface area contributed by atoms with E-state index in [4.69, 9.17) is 0 Å². The van der Waals surface area contributed by atoms with Crippen molar-refractivity contribution in [2.75, 3.05) is 0 Å². The Kier molecular flexibility index (Phi) is 6.81. The van der Waals surface area contributed by atoms with E-state index >= 15 is 0 Å². The van der Waals surface area contributed by atoms with Crippen molar-refractivity contribution in [2.24, 2.45) is 9.98 Å². The van der Waals surface area contributed by atoms with E-state index in [1.54, 1.807) is 30.6 Å². The fourth-order valence-corrected chi connectivity index (χ4v) is 7.66. The summed E-state index contributed by atoms with van der Waals surface area (Å²) in [7, 11) is 0. The molecular weight excluding hydrogens is 648 g/mol. The van der Waals surface area contributed by atoms with Gasteiger partial charge in [-0.15, -0.1) is 11.3 Å². The molecule has 1 aromatic heterocycles. The molecule has 0 N–H and O–H groups in total. The maximum absolute atomic E-state index is 14.3. The number of fused-ring (bicyclic) bond motifs is 7. The van der Waals surface area contributed by atoms with Crippen LogP contribution in [0.2, 0.25) is 0 Å². The first kappa shape index (κ1) is 30.3. The smallest absolute Gasteiger partial charge is 0.207 e. The van der Waals surface area contributed by atoms with E-state index in [2.05, 4.69) is 9.98 Å². The summed E-state index contributed by atoms with van der Waals surface area (Å²) in [6.45, 7) is 0. The molecule has 0 fully saturated rings. The lowest BCUT2D eigenvalue weighted by Gasteiger charge is -2.19. The third kappa shape index (κ3) is 4.95. The summed E-state index contributed by atoms with van der Waals surface area (Å²) in [5, 5.41) is 21.9. The number of hydrogen-bond donors (Lipinski definition) is 0. The predicted molar refractivity (Wildman–Crippen MR) is 159 cm³/mol. The summed E-state index contributed by atoms with van der Waals surface area (Å²) in [5.74, 6) is -2.77. The lowest BCUT2D eigenvalue weighted by molar-refractivity contribution is -0.138. The SMILES string of the molecule is N#CN=c1c2c(c3c1sc1c(=NC#N)c4cc(-c5cc(F)cc(C(F)(F)F)c5)ccc4c13)C=CC(c1cc(F)cc(C(F)(F)F)c1)C2. The lowest BCUT2D eigenvalue weighted by Crippen LogP contribution is -2.14. The Morgan fingerprint density at radius 2 is 1.34 bits per heavy atom. The fraction of sp³-hybridized carbons (Fsp3) is 0.118. The molecule has 1 aliphatic carbocycles. The normalized spacial score (nSPS) is 15.9. The van der Waals surface area contributed by atoms with E-state index < -0.39 is 41.0 Å². The van der Waals surface area contributed by atoms with Crippen LogP contribution in [0.15, 0.2) is 70.7 Å². The minimum Gasteiger partial charge on any atom is -0.207 e. The first-order valence-electron chi connectivity index (χ1n) is 13.7. The van der Waals surface area contributed by atoms with Crippen molar-refractivity contribution in [3.8, 4) is 23.5 Å². The average molecular weight is 663 g/mol. The molecule has 0 radical (unpaired) electrons. The van der Waals surface area contributed by atoms with Crippen LogP contribution in [-0.4, -0.2) is 0 Å². The van der Waals surface area contributed by atoms with Gasteiger partial charge in [0.05, 0.1) is 25.9 Å². The monoisotopic (exact) mass is 662 g/mol. The van der Waals surface area contributed by atoms with Gasteiger partial charge >= 0.3 is 12.4 Å². The van der Waals surface area contributed by atoms with Gasteiger partial charge in [0.15, 0.2) is 0 Å². The number of thiophene rings is 1. The molecule has 0 bridgehead atoms. The number of nitrogens with zero attached hydrogens (tertiary/aromatic N) is 4. The molecule has 13 heteroatoms. The molecule has 0 aliphatic heterocycles. The van der Waals surface area contributed by atoms with Gasteiger partial charge < -0.3 is 0 Å². The van der Waals surface area contributed by atoms with Gasteiger partial charge in [0.2, 0.25) is 12.4 Å². The second kappa shape index (κ2) is 10.6. The van der Waals surface area contributed by atoms with Crippen LogP contribution < -0.4 is 10.7 Å². The maximum atomic E-state index is 14.3. The standard InChI is InChI=1S/C34H14F8N4S/c35-21-7-17(5-19(11-21)33(37,38)39)15-1-3-23-25(9-15)29(45-13-43)31-27(23)28-24-4-2-16(10-26(24)30(46-14-44)32(28)47-31)18-6-20(34(40,41)42)12-22(36)8-18/h1-9,11-12,16H,10H2. The van der Waals surface area contributed by atoms with Crippen LogP contribution in [0.3, 0.4) is 0 Å². The number of allylic oxidation sites excluding steroid dienone is 1. The summed E-state index contributed by atoms with van der Waals surface area (Å²) in [5.41, 5.74) is -0.737. The molecule has 47 heavy (non-hydrogen) atoms. The zero-order valence-electron chi connectivity index (χ0n) is 23.4. The number of alkyl halides is 6. The van der Waals surface area contributed by atoms with E-state index in [0.717, 1.165) is 24.3 Å². The Bertz CT molecular complexity index is 2530. The van der Waals surface area contributed by atoms with Gasteiger partial charge in [-0.3, -0.25) is 0 Å². The van der Waals surface area contributed by atoms with Crippen molar-refractivity contribution < 1.29 is 35.1 Å². The molecule has 232 valence electrons. The van der Waals surface area contributed by atoms with Crippen LogP contribution in [0.5, 0.6) is 0 Å². The van der Waals surface area contributed by atoms with Crippen LogP contribution in [0, 0.1) is 34.5 Å². The summed E-state index contributed by atoms with van der Waals surface area (Å²) < 4.78 is 110. The molecular formula is C34H14F8N4S. The maximum Gasteiger partial charge on any atom is 0.416 e. The van der Waals surface area contributed by atoms with Crippen molar-refractivity contribution in [3.63, 3.8) is 0 Å². The van der Waals surface area contributed by atoms with Crippen molar-refractivity contribution in [1.82, 2.24) is 0 Å². The van der Waals surface area contributed by atoms with Crippen LogP contribution >= 0.6 is 11.3 Å². The Morgan fingerprint density at radius 3 is 2.02 bits per heavy atom. The third-order valence-corrected chi connectivity index (χ3v) is 9.44. The molecule has 4 nitrogen and oxygen atoms in total. The van der Waals surface area contributed by atoms with E-state index in [0.29, 0.717) is 59.6 Å². The molecule has 1 heterocycles. The zero-order chi connectivity index (χ0) is 33.4. The number of benzene rings is 3. The van der Waals surface area contributed by atoms with Crippen LogP contribution in [-0.2, 0) is 18.8 Å². The van der Waals surface area contributed by atoms with Crippen LogP contribution in [0.1, 0.15) is 33.7 Å². The molecule has 0 saturated heterocycles. The largest absolute Gasteiger partial charge is 0.416 e. The van der Waals surface area contributed by atoms with Gasteiger partial charge in [0.25, 0.3) is 0 Å². The van der Waals surface area contributed by atoms with Gasteiger partial charge in [-0.25, -0.2) is 8.78 Å². The Balaban J connectivity index is 1.45. The number of rotatable bonds is 2. The highest BCUT2D eigenvalue weighted by molar-refractivity contribution is 7.26. The first-order chi connectivity index (χ1) is 22.3. The van der Waals surface area contributed by atoms with Gasteiger partial charge in [0.1, 0.15) is 17.0 Å². The van der Waals surface area contributed by atoms with Gasteiger partial charge in [-0.05, 0) is 82.1 Å². The Labute approximate surface area is 262 Å². The van der Waals surface area contributed by atoms with Crippen molar-refractivity contribution in [1.29, 1.82) is 10.5 Å². The minimum absolute atomic E-state index is 0.0300. The van der Waals surface area contributed by atoms with E-state index in [1.807, 2.05) is 0 Å². The van der Waals surface area contributed by atoms with E-state index in [9.17, 15) is 45.6 Å². The highest BCUT2D eigenvalue weighted by atomic mass is 32.1. The number of nitriles is 2. The highest BCUT2D eigenvalue weighted by Gasteiger charge is 2.34. The van der Waals surface area contributed by atoms with Crippen molar-refractivity contribution >= 4 is 48.4 Å². The van der Waals surface area contributed by atoms with Crippen LogP contribution in [0.25, 0.3) is 48.1 Å². The molecule has 1 atom stereocenters. The topological polar surface area (TPSA) is 72.3 Å². The fourth-order valence-electron chi connectivity index (χ4n) is 6.31. The van der Waals surface area contributed by atoms with Gasteiger partial charge in [-0.1, -0.05) is 24.3 Å². The molecule has 1 unspecified atom stereocenters. The summed E-state index contributed by atoms with van der Waals surface area (Å²) in [6, 6.07) is 9.25. The van der Waals surface area contributed by atoms with Crippen LogP contribution in [0.4, 0.5) is 35.1 Å². The molecule has 5 aromatic carbocycles. The van der Waals surface area contributed by atoms with E-state index in [-0.39, 0.29) is 28.5 Å². The summed E-state index contributed by atoms with van der Waals surface area (Å²) in [6.07, 6.45) is -2.53. The van der Waals surface area contributed by atoms with Crippen molar-refractivity contribution in [3.05, 3.63) is 111 Å². The number of hydrogen-bond acceptors (Lipinski definition) is 5. The number of halogens is 8. The van der Waals surface area contributed by atoms with Crippen molar-refractivity contribution in [2.45, 2.75) is 24.7 Å². The lowest BCUT2D eigenvalue weighted by atomic mass is 9.85. The summed E-state index contributed by atoms with van der Waals surface area (Å²) in [4.78, 5) is 8.04. The Morgan fingerprint density at radius 1 is 0.702 bits per heavy atom. The van der Waals surface area contributed by atoms with Gasteiger partial charge in [0, 0.05) is 22.1 Å². The van der Waals surface area contributed by atoms with E-state index in [1.165, 1.54) is 23.5 Å². The predicted octanol–water partition coefficient (Wildman–Crippen LogP) is 9.18. The first-order valence-corrected chi connectivity index (χ1v) is 14.5. The molecule has 0 spiro atoms. The quantitative estimate of drug-likeness (QED) is 0.137. The Hall–Kier alpha value is -5.40. The second-order valence-corrected chi connectivity index (χ2v) is 12.0. The second-order valence-electron chi connectivity index (χ2n) is 11.0. The third-order valence-electron chi connectivity index (χ3n) is 8.24. The van der Waals surface area contributed by atoms with Gasteiger partial charge in [-0.2, -0.15) is 46.9 Å². The minimum atomic E-state index is -4.78. The molecule has 1 aliphatic rings. The molecule has 6 aromatic rings.